The summed E-state index contributed by atoms with van der Waals surface area (Å²) in [4.78, 5) is 11.4. The third-order valence-electron chi connectivity index (χ3n) is 4.83. The van der Waals surface area contributed by atoms with E-state index in [1.807, 2.05) is 13.8 Å². The zero-order chi connectivity index (χ0) is 20.8. The van der Waals surface area contributed by atoms with Crippen molar-refractivity contribution < 1.29 is 34.3 Å². The molecule has 0 aromatic carbocycles. The minimum absolute atomic E-state index is 0.106. The number of aliphatic hydroxyl groups is 3. The van der Waals surface area contributed by atoms with Crippen LogP contribution in [0.15, 0.2) is 0 Å². The van der Waals surface area contributed by atoms with Crippen LogP contribution in [0.5, 0.6) is 0 Å². The molecule has 0 bridgehead atoms. The molecule has 0 saturated carbocycles. The maximum Gasteiger partial charge on any atom is 0.217 e. The van der Waals surface area contributed by atoms with Gasteiger partial charge in [0.2, 0.25) is 5.91 Å². The highest BCUT2D eigenvalue weighted by molar-refractivity contribution is 5.73. The van der Waals surface area contributed by atoms with Gasteiger partial charge in [-0.25, -0.2) is 0 Å². The van der Waals surface area contributed by atoms with Gasteiger partial charge in [-0.15, -0.1) is 0 Å². The third kappa shape index (κ3) is 7.63. The normalized spacial score (nSPS) is 29.6. The first kappa shape index (κ1) is 24.3. The summed E-state index contributed by atoms with van der Waals surface area (Å²) in [5.41, 5.74) is -0.224. The summed E-state index contributed by atoms with van der Waals surface area (Å²) in [6, 6.07) is -0.934. The van der Waals surface area contributed by atoms with E-state index < -0.39 is 37.3 Å². The molecule has 0 spiro atoms. The molecule has 1 aliphatic rings. The fraction of sp³-hybridized carbons (Fsp3) is 0.947. The minimum Gasteiger partial charge on any atom is -0.394 e. The molecule has 8 nitrogen and oxygen atoms in total. The quantitative estimate of drug-likeness (QED) is 0.426. The first-order chi connectivity index (χ1) is 12.4. The smallest absolute Gasteiger partial charge is 0.217 e. The Bertz CT molecular complexity index is 469. The predicted molar refractivity (Wildman–Crippen MR) is 100.0 cm³/mol. The average Bonchev–Trinajstić information content (AvgIpc) is 2.57. The highest BCUT2D eigenvalue weighted by Crippen LogP contribution is 2.26. The first-order valence-corrected chi connectivity index (χ1v) is 9.51. The molecule has 5 atom stereocenters. The Morgan fingerprint density at radius 3 is 2.19 bits per heavy atom. The van der Waals surface area contributed by atoms with Crippen molar-refractivity contribution in [2.75, 3.05) is 26.4 Å². The van der Waals surface area contributed by atoms with E-state index in [0.29, 0.717) is 13.2 Å². The highest BCUT2D eigenvalue weighted by Gasteiger charge is 2.45. The van der Waals surface area contributed by atoms with E-state index in [4.69, 9.17) is 14.2 Å². The standard InChI is InChI=1S/C19H37NO7/c1-7-18(3,4)9-25-10-19(5,6)11-26-17-14(20-12(2)22)16(24)15(23)13(8-21)27-17/h13-17,21,23-24H,7-11H2,1-6H3,(H,20,22). The van der Waals surface area contributed by atoms with Crippen LogP contribution in [0.2, 0.25) is 0 Å². The molecule has 27 heavy (non-hydrogen) atoms. The molecule has 1 fully saturated rings. The van der Waals surface area contributed by atoms with Gasteiger partial charge in [0, 0.05) is 12.3 Å². The summed E-state index contributed by atoms with van der Waals surface area (Å²) in [6.45, 7) is 12.6. The summed E-state index contributed by atoms with van der Waals surface area (Å²) in [6.07, 6.45) is -3.59. The fourth-order valence-electron chi connectivity index (χ4n) is 2.67. The van der Waals surface area contributed by atoms with Crippen molar-refractivity contribution in [1.29, 1.82) is 0 Å². The monoisotopic (exact) mass is 391 g/mol. The number of amides is 1. The zero-order valence-corrected chi connectivity index (χ0v) is 17.4. The lowest BCUT2D eigenvalue weighted by Crippen LogP contribution is -2.64. The molecule has 0 aromatic rings. The first-order valence-electron chi connectivity index (χ1n) is 9.51. The van der Waals surface area contributed by atoms with E-state index >= 15 is 0 Å². The Morgan fingerprint density at radius 1 is 1.07 bits per heavy atom. The molecule has 4 N–H and O–H groups in total. The predicted octanol–water partition coefficient (Wildman–Crippen LogP) is 0.426. The van der Waals surface area contributed by atoms with Crippen molar-refractivity contribution in [3.05, 3.63) is 0 Å². The Hall–Kier alpha value is -0.770. The van der Waals surface area contributed by atoms with Gasteiger partial charge in [0.05, 0.1) is 26.4 Å². The number of ether oxygens (including phenoxy) is 3. The number of aliphatic hydroxyl groups excluding tert-OH is 3. The van der Waals surface area contributed by atoms with Gasteiger partial charge in [0.15, 0.2) is 6.29 Å². The number of rotatable bonds is 10. The van der Waals surface area contributed by atoms with Gasteiger partial charge in [0.25, 0.3) is 0 Å². The van der Waals surface area contributed by atoms with Gasteiger partial charge in [-0.2, -0.15) is 0 Å². The van der Waals surface area contributed by atoms with E-state index in [2.05, 4.69) is 26.1 Å². The molecular formula is C19H37NO7. The molecule has 5 unspecified atom stereocenters. The van der Waals surface area contributed by atoms with E-state index in [-0.39, 0.29) is 23.3 Å². The van der Waals surface area contributed by atoms with Gasteiger partial charge in [0.1, 0.15) is 24.4 Å². The van der Waals surface area contributed by atoms with Crippen LogP contribution in [0, 0.1) is 10.8 Å². The molecular weight excluding hydrogens is 354 g/mol. The number of hydrogen-bond donors (Lipinski definition) is 4. The lowest BCUT2D eigenvalue weighted by atomic mass is 9.91. The highest BCUT2D eigenvalue weighted by atomic mass is 16.7. The van der Waals surface area contributed by atoms with Crippen LogP contribution in [0.25, 0.3) is 0 Å². The number of nitrogens with one attached hydrogen (secondary N) is 1. The number of carbonyl (C=O) groups excluding carboxylic acids is 1. The molecule has 0 aliphatic carbocycles. The summed E-state index contributed by atoms with van der Waals surface area (Å²) in [7, 11) is 0. The van der Waals surface area contributed by atoms with E-state index in [9.17, 15) is 20.1 Å². The van der Waals surface area contributed by atoms with Crippen LogP contribution < -0.4 is 5.32 Å². The van der Waals surface area contributed by atoms with Crippen molar-refractivity contribution in [3.8, 4) is 0 Å². The van der Waals surface area contributed by atoms with Crippen LogP contribution >= 0.6 is 0 Å². The van der Waals surface area contributed by atoms with Crippen molar-refractivity contribution in [1.82, 2.24) is 5.32 Å². The summed E-state index contributed by atoms with van der Waals surface area (Å²) in [5, 5.41) is 32.2. The van der Waals surface area contributed by atoms with Gasteiger partial charge < -0.3 is 34.8 Å². The lowest BCUT2D eigenvalue weighted by Gasteiger charge is -2.43. The lowest BCUT2D eigenvalue weighted by molar-refractivity contribution is -0.276. The third-order valence-corrected chi connectivity index (χ3v) is 4.83. The Labute approximate surface area is 162 Å². The van der Waals surface area contributed by atoms with Crippen molar-refractivity contribution in [3.63, 3.8) is 0 Å². The molecule has 1 saturated heterocycles. The molecule has 1 rings (SSSR count). The SMILES string of the molecule is CCC(C)(C)COCC(C)(C)COC1OC(CO)C(O)C(O)C1NC(C)=O. The Balaban J connectivity index is 2.67. The maximum atomic E-state index is 11.4. The summed E-state index contributed by atoms with van der Waals surface area (Å²) in [5.74, 6) is -0.379. The molecule has 0 aromatic heterocycles. The second-order valence-electron chi connectivity index (χ2n) is 8.92. The van der Waals surface area contributed by atoms with Crippen molar-refractivity contribution >= 4 is 5.91 Å². The molecule has 1 amide bonds. The maximum absolute atomic E-state index is 11.4. The van der Waals surface area contributed by atoms with Gasteiger partial charge >= 0.3 is 0 Å². The van der Waals surface area contributed by atoms with Crippen LogP contribution in [0.3, 0.4) is 0 Å². The number of carbonyl (C=O) groups is 1. The van der Waals surface area contributed by atoms with Crippen molar-refractivity contribution in [2.24, 2.45) is 10.8 Å². The minimum atomic E-state index is -1.32. The topological polar surface area (TPSA) is 117 Å². The summed E-state index contributed by atoms with van der Waals surface area (Å²) >= 11 is 0. The Kier molecular flexibility index (Phi) is 9.11. The van der Waals surface area contributed by atoms with Crippen molar-refractivity contribution in [2.45, 2.75) is 78.6 Å². The van der Waals surface area contributed by atoms with Gasteiger partial charge in [-0.1, -0.05) is 34.6 Å². The van der Waals surface area contributed by atoms with Crippen LogP contribution in [-0.2, 0) is 19.0 Å². The van der Waals surface area contributed by atoms with Gasteiger partial charge in [-0.05, 0) is 11.8 Å². The van der Waals surface area contributed by atoms with Crippen LogP contribution in [-0.4, -0.2) is 78.3 Å². The van der Waals surface area contributed by atoms with E-state index in [1.165, 1.54) is 6.92 Å². The number of hydrogen-bond acceptors (Lipinski definition) is 7. The molecule has 1 heterocycles. The van der Waals surface area contributed by atoms with Crippen LogP contribution in [0.4, 0.5) is 0 Å². The summed E-state index contributed by atoms with van der Waals surface area (Å²) < 4.78 is 17.2. The largest absolute Gasteiger partial charge is 0.394 e. The molecule has 1 aliphatic heterocycles. The average molecular weight is 392 g/mol. The molecule has 160 valence electrons. The second-order valence-corrected chi connectivity index (χ2v) is 8.92. The fourth-order valence-corrected chi connectivity index (χ4v) is 2.67. The van der Waals surface area contributed by atoms with E-state index in [1.54, 1.807) is 0 Å². The van der Waals surface area contributed by atoms with Crippen LogP contribution in [0.1, 0.15) is 48.0 Å². The second kappa shape index (κ2) is 10.1. The zero-order valence-electron chi connectivity index (χ0n) is 17.4. The van der Waals surface area contributed by atoms with E-state index in [0.717, 1.165) is 6.42 Å². The van der Waals surface area contributed by atoms with Gasteiger partial charge in [-0.3, -0.25) is 4.79 Å². The molecule has 8 heteroatoms. The Morgan fingerprint density at radius 2 is 1.67 bits per heavy atom. The molecule has 0 radical (unpaired) electrons.